The summed E-state index contributed by atoms with van der Waals surface area (Å²) in [6, 6.07) is 11.5. The predicted octanol–water partition coefficient (Wildman–Crippen LogP) is 4.61. The Morgan fingerprint density at radius 2 is 1.38 bits per heavy atom. The van der Waals surface area contributed by atoms with E-state index in [4.69, 9.17) is 0 Å². The van der Waals surface area contributed by atoms with Crippen molar-refractivity contribution in [2.24, 2.45) is 0 Å². The molecule has 112 valence electrons. The molecule has 0 bridgehead atoms. The fourth-order valence-corrected chi connectivity index (χ4v) is 2.08. The van der Waals surface area contributed by atoms with E-state index in [1.54, 1.807) is 0 Å². The van der Waals surface area contributed by atoms with Crippen molar-refractivity contribution in [1.82, 2.24) is 5.32 Å². The minimum absolute atomic E-state index is 0.547. The van der Waals surface area contributed by atoms with E-state index >= 15 is 0 Å². The first-order valence-corrected chi connectivity index (χ1v) is 6.79. The standard InChI is InChI=1S/C17H18F3N/c1-12-3-4-15(9-13(12)2)11-21-10-14-5-7-16(8-6-14)17(18,19)20/h3-9,21H,10-11H2,1-2H3. The monoisotopic (exact) mass is 293 g/mol. The van der Waals surface area contributed by atoms with Crippen molar-refractivity contribution < 1.29 is 13.2 Å². The molecule has 21 heavy (non-hydrogen) atoms. The van der Waals surface area contributed by atoms with Crippen molar-refractivity contribution in [3.63, 3.8) is 0 Å². The van der Waals surface area contributed by atoms with Crippen molar-refractivity contribution in [3.05, 3.63) is 70.3 Å². The van der Waals surface area contributed by atoms with E-state index < -0.39 is 11.7 Å². The van der Waals surface area contributed by atoms with Gasteiger partial charge in [0.05, 0.1) is 5.56 Å². The van der Waals surface area contributed by atoms with Crippen LogP contribution in [0, 0.1) is 13.8 Å². The summed E-state index contributed by atoms with van der Waals surface area (Å²) in [7, 11) is 0. The molecule has 0 saturated heterocycles. The Hall–Kier alpha value is -1.81. The third kappa shape index (κ3) is 4.33. The first-order valence-electron chi connectivity index (χ1n) is 6.79. The Balaban J connectivity index is 1.90. The molecule has 1 N–H and O–H groups in total. The van der Waals surface area contributed by atoms with Gasteiger partial charge in [-0.05, 0) is 48.2 Å². The molecule has 1 nitrogen and oxygen atoms in total. The number of alkyl halides is 3. The SMILES string of the molecule is Cc1ccc(CNCc2ccc(C(F)(F)F)cc2)cc1C. The van der Waals surface area contributed by atoms with Crippen LogP contribution in [-0.4, -0.2) is 0 Å². The molecule has 0 fully saturated rings. The van der Waals surface area contributed by atoms with Crippen LogP contribution in [0.5, 0.6) is 0 Å². The Morgan fingerprint density at radius 3 is 1.95 bits per heavy atom. The smallest absolute Gasteiger partial charge is 0.309 e. The first kappa shape index (κ1) is 15.6. The second-order valence-electron chi connectivity index (χ2n) is 5.22. The van der Waals surface area contributed by atoms with Crippen LogP contribution in [0.25, 0.3) is 0 Å². The zero-order valence-corrected chi connectivity index (χ0v) is 12.1. The second-order valence-corrected chi connectivity index (χ2v) is 5.22. The van der Waals surface area contributed by atoms with E-state index in [1.807, 2.05) is 0 Å². The second kappa shape index (κ2) is 6.31. The molecule has 0 aliphatic carbocycles. The van der Waals surface area contributed by atoms with Crippen LogP contribution in [0.3, 0.4) is 0 Å². The highest BCUT2D eigenvalue weighted by molar-refractivity contribution is 5.30. The zero-order valence-electron chi connectivity index (χ0n) is 12.1. The summed E-state index contributed by atoms with van der Waals surface area (Å²) in [5.74, 6) is 0. The number of rotatable bonds is 4. The maximum absolute atomic E-state index is 12.4. The molecular formula is C17H18F3N. The first-order chi connectivity index (χ1) is 9.86. The van der Waals surface area contributed by atoms with Gasteiger partial charge in [-0.25, -0.2) is 0 Å². The molecule has 0 atom stereocenters. The van der Waals surface area contributed by atoms with Crippen molar-refractivity contribution in [2.45, 2.75) is 33.1 Å². The summed E-state index contributed by atoms with van der Waals surface area (Å²) in [6.45, 7) is 5.37. The summed E-state index contributed by atoms with van der Waals surface area (Å²) in [4.78, 5) is 0. The molecule has 0 aliphatic heterocycles. The number of nitrogens with one attached hydrogen (secondary N) is 1. The molecule has 0 saturated carbocycles. The normalized spacial score (nSPS) is 11.7. The zero-order chi connectivity index (χ0) is 15.5. The van der Waals surface area contributed by atoms with Crippen molar-refractivity contribution in [2.75, 3.05) is 0 Å². The van der Waals surface area contributed by atoms with Gasteiger partial charge in [-0.2, -0.15) is 13.2 Å². The number of benzene rings is 2. The quantitative estimate of drug-likeness (QED) is 0.868. The fourth-order valence-electron chi connectivity index (χ4n) is 2.08. The molecule has 0 radical (unpaired) electrons. The van der Waals surface area contributed by atoms with E-state index in [-0.39, 0.29) is 0 Å². The molecule has 2 aromatic carbocycles. The molecular weight excluding hydrogens is 275 g/mol. The van der Waals surface area contributed by atoms with Crippen LogP contribution in [-0.2, 0) is 19.3 Å². The van der Waals surface area contributed by atoms with E-state index in [0.717, 1.165) is 17.7 Å². The van der Waals surface area contributed by atoms with Crippen molar-refractivity contribution in [3.8, 4) is 0 Å². The topological polar surface area (TPSA) is 12.0 Å². The lowest BCUT2D eigenvalue weighted by Crippen LogP contribution is -2.13. The lowest BCUT2D eigenvalue weighted by Gasteiger charge is -2.09. The Bertz CT molecular complexity index is 600. The summed E-state index contributed by atoms with van der Waals surface area (Å²) in [5, 5.41) is 3.24. The molecule has 4 heteroatoms. The highest BCUT2D eigenvalue weighted by atomic mass is 19.4. The lowest BCUT2D eigenvalue weighted by molar-refractivity contribution is -0.137. The minimum Gasteiger partial charge on any atom is -0.309 e. The van der Waals surface area contributed by atoms with Gasteiger partial charge >= 0.3 is 6.18 Å². The van der Waals surface area contributed by atoms with Crippen molar-refractivity contribution in [1.29, 1.82) is 0 Å². The van der Waals surface area contributed by atoms with Gasteiger partial charge in [0.25, 0.3) is 0 Å². The van der Waals surface area contributed by atoms with Gasteiger partial charge in [0.15, 0.2) is 0 Å². The van der Waals surface area contributed by atoms with Gasteiger partial charge in [0.2, 0.25) is 0 Å². The molecule has 2 rings (SSSR count). The molecule has 0 aromatic heterocycles. The average Bonchev–Trinajstić information content (AvgIpc) is 2.42. The lowest BCUT2D eigenvalue weighted by atomic mass is 10.1. The summed E-state index contributed by atoms with van der Waals surface area (Å²) >= 11 is 0. The number of halogens is 3. The Kier molecular flexibility index (Phi) is 4.68. The Morgan fingerprint density at radius 1 is 0.810 bits per heavy atom. The highest BCUT2D eigenvalue weighted by Gasteiger charge is 2.29. The van der Waals surface area contributed by atoms with Crippen LogP contribution < -0.4 is 5.32 Å². The van der Waals surface area contributed by atoms with Crippen LogP contribution in [0.2, 0.25) is 0 Å². The van der Waals surface area contributed by atoms with Gasteiger partial charge in [0.1, 0.15) is 0 Å². The van der Waals surface area contributed by atoms with Gasteiger partial charge in [-0.3, -0.25) is 0 Å². The van der Waals surface area contributed by atoms with Gasteiger partial charge in [-0.15, -0.1) is 0 Å². The highest BCUT2D eigenvalue weighted by Crippen LogP contribution is 2.29. The van der Waals surface area contributed by atoms with E-state index in [2.05, 4.69) is 37.4 Å². The molecule has 0 heterocycles. The summed E-state index contributed by atoms with van der Waals surface area (Å²) in [6.07, 6.45) is -4.27. The molecule has 2 aromatic rings. The molecule has 0 spiro atoms. The van der Waals surface area contributed by atoms with E-state index in [9.17, 15) is 13.2 Å². The molecule has 0 aliphatic rings. The predicted molar refractivity (Wildman–Crippen MR) is 77.9 cm³/mol. The van der Waals surface area contributed by atoms with Gasteiger partial charge in [0, 0.05) is 13.1 Å². The Labute approximate surface area is 122 Å². The van der Waals surface area contributed by atoms with Crippen molar-refractivity contribution >= 4 is 0 Å². The largest absolute Gasteiger partial charge is 0.416 e. The minimum atomic E-state index is -4.27. The van der Waals surface area contributed by atoms with E-state index in [0.29, 0.717) is 13.1 Å². The number of hydrogen-bond acceptors (Lipinski definition) is 1. The van der Waals surface area contributed by atoms with Gasteiger partial charge < -0.3 is 5.32 Å². The third-order valence-corrected chi connectivity index (χ3v) is 3.51. The van der Waals surface area contributed by atoms with Gasteiger partial charge in [-0.1, -0.05) is 30.3 Å². The maximum Gasteiger partial charge on any atom is 0.416 e. The van der Waals surface area contributed by atoms with Crippen LogP contribution in [0.4, 0.5) is 13.2 Å². The number of aryl methyl sites for hydroxylation is 2. The van der Waals surface area contributed by atoms with Crippen LogP contribution in [0.1, 0.15) is 27.8 Å². The van der Waals surface area contributed by atoms with Crippen LogP contribution in [0.15, 0.2) is 42.5 Å². The summed E-state index contributed by atoms with van der Waals surface area (Å²) in [5.41, 5.74) is 3.89. The molecule has 0 amide bonds. The maximum atomic E-state index is 12.4. The van der Waals surface area contributed by atoms with Crippen LogP contribution >= 0.6 is 0 Å². The number of hydrogen-bond donors (Lipinski definition) is 1. The average molecular weight is 293 g/mol. The molecule has 0 unspecified atom stereocenters. The fraction of sp³-hybridized carbons (Fsp3) is 0.294. The summed E-state index contributed by atoms with van der Waals surface area (Å²) < 4.78 is 37.3. The third-order valence-electron chi connectivity index (χ3n) is 3.51. The van der Waals surface area contributed by atoms with E-state index in [1.165, 1.54) is 28.8 Å².